The molecule has 0 saturated heterocycles. The van der Waals surface area contributed by atoms with Gasteiger partial charge in [-0.2, -0.15) is 0 Å². The molecule has 8 heavy (non-hydrogen) atoms. The van der Waals surface area contributed by atoms with Crippen molar-refractivity contribution in [2.24, 2.45) is 5.92 Å². The van der Waals surface area contributed by atoms with Gasteiger partial charge in [0.2, 0.25) is 0 Å². The quantitative estimate of drug-likeness (QED) is 0.620. The summed E-state index contributed by atoms with van der Waals surface area (Å²) in [5.74, 6) is 0.898. The van der Waals surface area contributed by atoms with Gasteiger partial charge in [-0.15, -0.1) is 0 Å². The number of rotatable bonds is 1. The van der Waals surface area contributed by atoms with Gasteiger partial charge in [0.1, 0.15) is 0 Å². The Hall–Kier alpha value is 0.960. The van der Waals surface area contributed by atoms with Gasteiger partial charge in [-0.1, -0.05) is 38.3 Å². The van der Waals surface area contributed by atoms with E-state index in [0.717, 1.165) is 10.7 Å². The predicted molar refractivity (Wildman–Crippen MR) is 43.9 cm³/mol. The molecule has 0 aliphatic heterocycles. The first-order valence-electron chi connectivity index (χ1n) is 3.04. The van der Waals surface area contributed by atoms with Gasteiger partial charge in [0, 0.05) is 10.2 Å². The molecule has 2 atom stereocenters. The smallest absolute Gasteiger partial charge is 0.0182 e. The Morgan fingerprint density at radius 3 is 2.38 bits per heavy atom. The fourth-order valence-electron chi connectivity index (χ4n) is 1.17. The molecule has 0 amide bonds. The van der Waals surface area contributed by atoms with Crippen LogP contribution in [-0.2, 0) is 0 Å². The lowest BCUT2D eigenvalue weighted by atomic mass is 10.1. The zero-order valence-corrected chi connectivity index (χ0v) is 7.91. The highest BCUT2D eigenvalue weighted by atomic mass is 79.9. The molecule has 0 nitrogen and oxygen atoms in total. The Balaban J connectivity index is 2.30. The number of halogens is 2. The van der Waals surface area contributed by atoms with Crippen LogP contribution in [0.4, 0.5) is 0 Å². The molecule has 0 N–H and O–H groups in total. The maximum Gasteiger partial charge on any atom is 0.0182 e. The third kappa shape index (κ3) is 1.47. The van der Waals surface area contributed by atoms with Crippen molar-refractivity contribution in [3.8, 4) is 0 Å². The van der Waals surface area contributed by atoms with Crippen LogP contribution in [0.15, 0.2) is 0 Å². The van der Waals surface area contributed by atoms with Crippen molar-refractivity contribution in [3.63, 3.8) is 0 Å². The SMILES string of the molecule is BrCC1CCCC1Br. The zero-order chi connectivity index (χ0) is 5.98. The largest absolute Gasteiger partial charge is 0.0925 e. The Kier molecular flexibility index (Phi) is 2.84. The Morgan fingerprint density at radius 2 is 2.12 bits per heavy atom. The van der Waals surface area contributed by atoms with Crippen LogP contribution in [0.5, 0.6) is 0 Å². The van der Waals surface area contributed by atoms with Gasteiger partial charge in [0.25, 0.3) is 0 Å². The maximum absolute atomic E-state index is 3.63. The van der Waals surface area contributed by atoms with Gasteiger partial charge in [-0.25, -0.2) is 0 Å². The summed E-state index contributed by atoms with van der Waals surface area (Å²) in [5.41, 5.74) is 0. The summed E-state index contributed by atoms with van der Waals surface area (Å²) in [4.78, 5) is 0.793. The van der Waals surface area contributed by atoms with Crippen LogP contribution in [0.25, 0.3) is 0 Å². The fourth-order valence-corrected chi connectivity index (χ4v) is 3.22. The topological polar surface area (TPSA) is 0 Å². The lowest BCUT2D eigenvalue weighted by Gasteiger charge is -2.07. The molecule has 0 heterocycles. The van der Waals surface area contributed by atoms with Gasteiger partial charge < -0.3 is 0 Å². The van der Waals surface area contributed by atoms with Gasteiger partial charge in [0.05, 0.1) is 0 Å². The highest BCUT2D eigenvalue weighted by Crippen LogP contribution is 2.32. The molecule has 0 spiro atoms. The second kappa shape index (κ2) is 3.21. The minimum atomic E-state index is 0.793. The fraction of sp³-hybridized carbons (Fsp3) is 1.00. The summed E-state index contributed by atoms with van der Waals surface area (Å²) in [5, 5.41) is 1.17. The van der Waals surface area contributed by atoms with Crippen LogP contribution in [0.1, 0.15) is 19.3 Å². The van der Waals surface area contributed by atoms with Gasteiger partial charge >= 0.3 is 0 Å². The molecule has 0 aromatic carbocycles. The van der Waals surface area contributed by atoms with Crippen LogP contribution in [-0.4, -0.2) is 10.2 Å². The van der Waals surface area contributed by atoms with Crippen LogP contribution in [0, 0.1) is 5.92 Å². The molecule has 0 bridgehead atoms. The molecule has 2 heteroatoms. The van der Waals surface area contributed by atoms with E-state index >= 15 is 0 Å². The molecule has 0 aromatic heterocycles. The summed E-state index contributed by atoms with van der Waals surface area (Å²) in [7, 11) is 0. The lowest BCUT2D eigenvalue weighted by molar-refractivity contribution is 0.646. The van der Waals surface area contributed by atoms with Crippen LogP contribution >= 0.6 is 31.9 Å². The number of hydrogen-bond donors (Lipinski definition) is 0. The second-order valence-electron chi connectivity index (χ2n) is 2.36. The van der Waals surface area contributed by atoms with Gasteiger partial charge in [0.15, 0.2) is 0 Å². The van der Waals surface area contributed by atoms with E-state index in [2.05, 4.69) is 31.9 Å². The molecule has 2 unspecified atom stereocenters. The van der Waals surface area contributed by atoms with Crippen molar-refractivity contribution < 1.29 is 0 Å². The minimum absolute atomic E-state index is 0.793. The maximum atomic E-state index is 3.63. The third-order valence-corrected chi connectivity index (χ3v) is 3.80. The van der Waals surface area contributed by atoms with E-state index in [-0.39, 0.29) is 0 Å². The average Bonchev–Trinajstić information content (AvgIpc) is 2.14. The number of alkyl halides is 2. The number of hydrogen-bond acceptors (Lipinski definition) is 0. The van der Waals surface area contributed by atoms with E-state index in [1.807, 2.05) is 0 Å². The van der Waals surface area contributed by atoms with Crippen LogP contribution in [0.3, 0.4) is 0 Å². The van der Waals surface area contributed by atoms with Crippen molar-refractivity contribution in [3.05, 3.63) is 0 Å². The van der Waals surface area contributed by atoms with E-state index in [1.165, 1.54) is 24.6 Å². The molecule has 48 valence electrons. The summed E-state index contributed by atoms with van der Waals surface area (Å²) in [6, 6.07) is 0. The van der Waals surface area contributed by atoms with Crippen molar-refractivity contribution >= 4 is 31.9 Å². The van der Waals surface area contributed by atoms with Crippen molar-refractivity contribution in [2.45, 2.75) is 24.1 Å². The van der Waals surface area contributed by atoms with E-state index in [9.17, 15) is 0 Å². The van der Waals surface area contributed by atoms with Crippen LogP contribution < -0.4 is 0 Å². The average molecular weight is 242 g/mol. The van der Waals surface area contributed by atoms with E-state index in [4.69, 9.17) is 0 Å². The summed E-state index contributed by atoms with van der Waals surface area (Å²) in [6.07, 6.45) is 4.18. The molecule has 1 aliphatic carbocycles. The summed E-state index contributed by atoms with van der Waals surface area (Å²) >= 11 is 7.12. The van der Waals surface area contributed by atoms with Gasteiger partial charge in [-0.05, 0) is 18.8 Å². The van der Waals surface area contributed by atoms with Crippen LogP contribution in [0.2, 0.25) is 0 Å². The predicted octanol–water partition coefficient (Wildman–Crippen LogP) is 2.94. The van der Waals surface area contributed by atoms with E-state index < -0.39 is 0 Å². The molecule has 1 saturated carbocycles. The lowest BCUT2D eigenvalue weighted by Crippen LogP contribution is -2.06. The van der Waals surface area contributed by atoms with E-state index in [0.29, 0.717) is 0 Å². The highest BCUT2D eigenvalue weighted by Gasteiger charge is 2.22. The molecule has 0 aromatic rings. The molecular weight excluding hydrogens is 232 g/mol. The van der Waals surface area contributed by atoms with E-state index in [1.54, 1.807) is 0 Å². The standard InChI is InChI=1S/C6H10Br2/c7-4-5-2-1-3-6(5)8/h5-6H,1-4H2. The molecular formula is C6H10Br2. The minimum Gasteiger partial charge on any atom is -0.0925 e. The Labute approximate surface area is 67.3 Å². The highest BCUT2D eigenvalue weighted by molar-refractivity contribution is 9.10. The first-order chi connectivity index (χ1) is 3.84. The summed E-state index contributed by atoms with van der Waals surface area (Å²) < 4.78 is 0. The van der Waals surface area contributed by atoms with Gasteiger partial charge in [-0.3, -0.25) is 0 Å². The first-order valence-corrected chi connectivity index (χ1v) is 5.08. The third-order valence-electron chi connectivity index (χ3n) is 1.76. The normalized spacial score (nSPS) is 38.2. The molecule has 1 fully saturated rings. The van der Waals surface area contributed by atoms with Crippen molar-refractivity contribution in [1.29, 1.82) is 0 Å². The Morgan fingerprint density at radius 1 is 1.38 bits per heavy atom. The van der Waals surface area contributed by atoms with Crippen molar-refractivity contribution in [2.75, 3.05) is 5.33 Å². The zero-order valence-electron chi connectivity index (χ0n) is 4.74. The summed E-state index contributed by atoms with van der Waals surface area (Å²) in [6.45, 7) is 0. The molecule has 0 radical (unpaired) electrons. The first kappa shape index (κ1) is 7.07. The molecule has 1 rings (SSSR count). The molecule has 1 aliphatic rings. The monoisotopic (exact) mass is 240 g/mol. The van der Waals surface area contributed by atoms with Crippen molar-refractivity contribution in [1.82, 2.24) is 0 Å². The second-order valence-corrected chi connectivity index (χ2v) is 4.18. The Bertz CT molecular complexity index is 72.9.